The third-order valence-electron chi connectivity index (χ3n) is 2.65. The summed E-state index contributed by atoms with van der Waals surface area (Å²) in [6.45, 7) is 0. The smallest absolute Gasteiger partial charge is 0.0877 e. The molecule has 1 aromatic carbocycles. The lowest BCUT2D eigenvalue weighted by Gasteiger charge is -2.26. The van der Waals surface area contributed by atoms with Gasteiger partial charge in [0.25, 0.3) is 0 Å². The van der Waals surface area contributed by atoms with E-state index >= 15 is 0 Å². The molecule has 4 heteroatoms. The molecule has 1 aromatic rings. The normalized spacial score (nSPS) is 24.9. The van der Waals surface area contributed by atoms with Gasteiger partial charge in [0.05, 0.1) is 12.1 Å². The minimum Gasteiger partial charge on any atom is -0.388 e. The molecule has 0 saturated carbocycles. The monoisotopic (exact) mass is 189 g/mol. The van der Waals surface area contributed by atoms with E-state index in [4.69, 9.17) is 5.53 Å². The average molecular weight is 189 g/mol. The number of aliphatic hydroxyl groups is 1. The van der Waals surface area contributed by atoms with Gasteiger partial charge in [-0.25, -0.2) is 0 Å². The van der Waals surface area contributed by atoms with Gasteiger partial charge in [0.15, 0.2) is 0 Å². The van der Waals surface area contributed by atoms with Crippen LogP contribution in [0.1, 0.15) is 23.7 Å². The van der Waals surface area contributed by atoms with Crippen molar-refractivity contribution >= 4 is 0 Å². The Kier molecular flexibility index (Phi) is 2.39. The van der Waals surface area contributed by atoms with Crippen LogP contribution in [0.2, 0.25) is 0 Å². The zero-order valence-electron chi connectivity index (χ0n) is 7.67. The molecule has 0 spiro atoms. The first kappa shape index (κ1) is 9.06. The van der Waals surface area contributed by atoms with Gasteiger partial charge < -0.3 is 5.11 Å². The maximum absolute atomic E-state index is 9.89. The first-order valence-electron chi connectivity index (χ1n) is 4.63. The predicted octanol–water partition coefficient (Wildman–Crippen LogP) is 2.35. The number of nitrogens with zero attached hydrogens (tertiary/aromatic N) is 3. The van der Waals surface area contributed by atoms with Gasteiger partial charge in [-0.2, -0.15) is 0 Å². The van der Waals surface area contributed by atoms with E-state index in [1.807, 2.05) is 24.3 Å². The highest BCUT2D eigenvalue weighted by Gasteiger charge is 2.26. The molecular formula is C10H11N3O. The second kappa shape index (κ2) is 3.70. The van der Waals surface area contributed by atoms with Crippen LogP contribution in [0.3, 0.4) is 0 Å². The first-order chi connectivity index (χ1) is 6.83. The van der Waals surface area contributed by atoms with Crippen molar-refractivity contribution in [2.75, 3.05) is 0 Å². The van der Waals surface area contributed by atoms with Crippen LogP contribution in [-0.4, -0.2) is 11.1 Å². The van der Waals surface area contributed by atoms with Crippen molar-refractivity contribution in [3.8, 4) is 0 Å². The highest BCUT2D eigenvalue weighted by Crippen LogP contribution is 2.31. The number of aliphatic hydroxyl groups excluding tert-OH is 1. The minimum atomic E-state index is -0.643. The number of fused-ring (bicyclic) bond motifs is 1. The molecule has 1 aliphatic rings. The maximum Gasteiger partial charge on any atom is 0.0877 e. The standard InChI is InChI=1S/C10H11N3O/c11-13-12-9-6-5-7-3-1-2-4-8(7)10(9)14/h1-4,9-10,14H,5-6H2. The van der Waals surface area contributed by atoms with Crippen molar-refractivity contribution in [3.63, 3.8) is 0 Å². The summed E-state index contributed by atoms with van der Waals surface area (Å²) in [5.74, 6) is 0. The van der Waals surface area contributed by atoms with E-state index in [0.717, 1.165) is 24.0 Å². The number of benzene rings is 1. The summed E-state index contributed by atoms with van der Waals surface area (Å²) >= 11 is 0. The second-order valence-corrected chi connectivity index (χ2v) is 3.45. The molecule has 1 aliphatic carbocycles. The average Bonchev–Trinajstić information content (AvgIpc) is 2.23. The van der Waals surface area contributed by atoms with Crippen molar-refractivity contribution < 1.29 is 5.11 Å². The molecule has 0 heterocycles. The summed E-state index contributed by atoms with van der Waals surface area (Å²) in [6, 6.07) is 7.43. The van der Waals surface area contributed by atoms with E-state index in [2.05, 4.69) is 10.0 Å². The molecule has 0 radical (unpaired) electrons. The Balaban J connectivity index is 2.35. The number of rotatable bonds is 1. The Hall–Kier alpha value is -1.51. The highest BCUT2D eigenvalue weighted by atomic mass is 16.3. The minimum absolute atomic E-state index is 0.310. The predicted molar refractivity (Wildman–Crippen MR) is 52.7 cm³/mol. The van der Waals surface area contributed by atoms with Crippen molar-refractivity contribution in [2.45, 2.75) is 25.0 Å². The summed E-state index contributed by atoms with van der Waals surface area (Å²) in [4.78, 5) is 2.75. The Bertz CT molecular complexity index is 385. The van der Waals surface area contributed by atoms with Crippen LogP contribution in [-0.2, 0) is 6.42 Å². The third kappa shape index (κ3) is 1.45. The number of hydrogen-bond acceptors (Lipinski definition) is 2. The van der Waals surface area contributed by atoms with Gasteiger partial charge in [0.2, 0.25) is 0 Å². The van der Waals surface area contributed by atoms with E-state index in [1.54, 1.807) is 0 Å². The molecule has 0 bridgehead atoms. The Morgan fingerprint density at radius 3 is 3.00 bits per heavy atom. The Morgan fingerprint density at radius 1 is 1.43 bits per heavy atom. The fraction of sp³-hybridized carbons (Fsp3) is 0.400. The lowest BCUT2D eigenvalue weighted by Crippen LogP contribution is -2.23. The molecule has 4 nitrogen and oxygen atoms in total. The molecule has 2 rings (SSSR count). The van der Waals surface area contributed by atoms with Gasteiger partial charge in [-0.3, -0.25) is 0 Å². The van der Waals surface area contributed by atoms with Crippen LogP contribution in [0.5, 0.6) is 0 Å². The first-order valence-corrected chi connectivity index (χ1v) is 4.63. The molecule has 1 N–H and O–H groups in total. The van der Waals surface area contributed by atoms with Crippen LogP contribution in [0.25, 0.3) is 10.4 Å². The van der Waals surface area contributed by atoms with Gasteiger partial charge in [-0.15, -0.1) is 0 Å². The molecule has 0 aliphatic heterocycles. The van der Waals surface area contributed by atoms with E-state index in [9.17, 15) is 5.11 Å². The Labute approximate surface area is 81.8 Å². The molecule has 72 valence electrons. The SMILES string of the molecule is [N-]=[N+]=NC1CCc2ccccc2C1O. The van der Waals surface area contributed by atoms with Crippen LogP contribution in [0.15, 0.2) is 29.4 Å². The molecule has 0 aromatic heterocycles. The lowest BCUT2D eigenvalue weighted by atomic mass is 9.86. The van der Waals surface area contributed by atoms with Gasteiger partial charge in [0.1, 0.15) is 0 Å². The molecule has 2 atom stereocenters. The van der Waals surface area contributed by atoms with Gasteiger partial charge in [-0.1, -0.05) is 29.4 Å². The molecule has 14 heavy (non-hydrogen) atoms. The molecule has 0 fully saturated rings. The van der Waals surface area contributed by atoms with E-state index in [-0.39, 0.29) is 6.04 Å². The van der Waals surface area contributed by atoms with E-state index in [1.165, 1.54) is 0 Å². The Morgan fingerprint density at radius 2 is 2.21 bits per heavy atom. The molecule has 2 unspecified atom stereocenters. The summed E-state index contributed by atoms with van der Waals surface area (Å²) < 4.78 is 0. The summed E-state index contributed by atoms with van der Waals surface area (Å²) in [5.41, 5.74) is 10.4. The molecule has 0 amide bonds. The quantitative estimate of drug-likeness (QED) is 0.411. The van der Waals surface area contributed by atoms with Crippen molar-refractivity contribution in [1.29, 1.82) is 0 Å². The zero-order chi connectivity index (χ0) is 9.97. The lowest BCUT2D eigenvalue weighted by molar-refractivity contribution is 0.134. The fourth-order valence-corrected chi connectivity index (χ4v) is 1.91. The third-order valence-corrected chi connectivity index (χ3v) is 2.65. The number of hydrogen-bond donors (Lipinski definition) is 1. The van der Waals surface area contributed by atoms with Crippen LogP contribution < -0.4 is 0 Å². The molecular weight excluding hydrogens is 178 g/mol. The van der Waals surface area contributed by atoms with Crippen molar-refractivity contribution in [1.82, 2.24) is 0 Å². The van der Waals surface area contributed by atoms with Gasteiger partial charge in [0, 0.05) is 4.91 Å². The maximum atomic E-state index is 9.89. The topological polar surface area (TPSA) is 69.0 Å². The zero-order valence-corrected chi connectivity index (χ0v) is 7.67. The second-order valence-electron chi connectivity index (χ2n) is 3.45. The number of aryl methyl sites for hydroxylation is 1. The van der Waals surface area contributed by atoms with E-state index < -0.39 is 6.10 Å². The largest absolute Gasteiger partial charge is 0.388 e. The van der Waals surface area contributed by atoms with Crippen molar-refractivity contribution in [3.05, 3.63) is 45.8 Å². The summed E-state index contributed by atoms with van der Waals surface area (Å²) in [5, 5.41) is 13.5. The summed E-state index contributed by atoms with van der Waals surface area (Å²) in [6.07, 6.45) is 0.954. The number of azide groups is 1. The van der Waals surface area contributed by atoms with Gasteiger partial charge in [-0.05, 0) is 29.5 Å². The molecule has 0 saturated heterocycles. The van der Waals surface area contributed by atoms with Crippen molar-refractivity contribution in [2.24, 2.45) is 5.11 Å². The fourth-order valence-electron chi connectivity index (χ4n) is 1.91. The van der Waals surface area contributed by atoms with Crippen LogP contribution in [0, 0.1) is 0 Å². The summed E-state index contributed by atoms with van der Waals surface area (Å²) in [7, 11) is 0. The highest BCUT2D eigenvalue weighted by molar-refractivity contribution is 5.32. The van der Waals surface area contributed by atoms with Crippen LogP contribution in [0.4, 0.5) is 0 Å². The van der Waals surface area contributed by atoms with Gasteiger partial charge >= 0.3 is 0 Å². The van der Waals surface area contributed by atoms with E-state index in [0.29, 0.717) is 0 Å². The van der Waals surface area contributed by atoms with Crippen LogP contribution >= 0.6 is 0 Å².